The molecule has 134 valence electrons. The molecular formula is C21H21ClN2O2. The van der Waals surface area contributed by atoms with E-state index in [9.17, 15) is 10.1 Å². The molecule has 26 heavy (non-hydrogen) atoms. The van der Waals surface area contributed by atoms with Crippen LogP contribution in [0.5, 0.6) is 5.75 Å². The molecule has 2 aromatic rings. The Balaban J connectivity index is 2.02. The van der Waals surface area contributed by atoms with E-state index in [0.717, 1.165) is 17.5 Å². The zero-order valence-corrected chi connectivity index (χ0v) is 15.6. The minimum absolute atomic E-state index is 0.0276. The summed E-state index contributed by atoms with van der Waals surface area (Å²) >= 11 is 6.11. The highest BCUT2D eigenvalue weighted by atomic mass is 35.5. The first-order valence-corrected chi connectivity index (χ1v) is 8.80. The van der Waals surface area contributed by atoms with Gasteiger partial charge in [-0.15, -0.1) is 0 Å². The van der Waals surface area contributed by atoms with Crippen LogP contribution in [0.2, 0.25) is 5.02 Å². The number of hydrogen-bond donors (Lipinski definition) is 1. The van der Waals surface area contributed by atoms with Crippen molar-refractivity contribution in [2.75, 3.05) is 0 Å². The first kappa shape index (κ1) is 19.6. The minimum atomic E-state index is -0.360. The van der Waals surface area contributed by atoms with Crippen LogP contribution in [-0.4, -0.2) is 11.9 Å². The van der Waals surface area contributed by atoms with E-state index in [-0.39, 0.29) is 17.5 Å². The topological polar surface area (TPSA) is 62.1 Å². The number of carbonyl (C=O) groups excluding carboxylic acids is 1. The summed E-state index contributed by atoms with van der Waals surface area (Å²) < 4.78 is 5.72. The molecule has 0 radical (unpaired) electrons. The fraction of sp³-hybridized carbons (Fsp3) is 0.238. The van der Waals surface area contributed by atoms with Gasteiger partial charge in [0.05, 0.1) is 0 Å². The highest BCUT2D eigenvalue weighted by molar-refractivity contribution is 6.31. The average Bonchev–Trinajstić information content (AvgIpc) is 2.66. The lowest BCUT2D eigenvalue weighted by atomic mass is 10.1. The lowest BCUT2D eigenvalue weighted by molar-refractivity contribution is -0.117. The van der Waals surface area contributed by atoms with Crippen LogP contribution in [0.25, 0.3) is 6.08 Å². The smallest absolute Gasteiger partial charge is 0.262 e. The molecule has 0 saturated heterocycles. The van der Waals surface area contributed by atoms with E-state index in [1.165, 1.54) is 0 Å². The average molecular weight is 369 g/mol. The van der Waals surface area contributed by atoms with Crippen molar-refractivity contribution in [2.45, 2.75) is 32.9 Å². The van der Waals surface area contributed by atoms with E-state index in [4.69, 9.17) is 16.3 Å². The number of ether oxygens (including phenoxy) is 1. The van der Waals surface area contributed by atoms with Crippen molar-refractivity contribution < 1.29 is 9.53 Å². The SMILES string of the molecule is CC[C@@H](C)NC(=O)/C(C#N)=C/c1ccc(OCc2ccccc2Cl)cc1. The van der Waals surface area contributed by atoms with Crippen molar-refractivity contribution in [1.82, 2.24) is 5.32 Å². The number of nitriles is 1. The molecule has 5 heteroatoms. The molecule has 0 unspecified atom stereocenters. The second kappa shape index (κ2) is 9.65. The van der Waals surface area contributed by atoms with Gasteiger partial charge >= 0.3 is 0 Å². The minimum Gasteiger partial charge on any atom is -0.489 e. The van der Waals surface area contributed by atoms with Gasteiger partial charge in [-0.3, -0.25) is 4.79 Å². The van der Waals surface area contributed by atoms with Gasteiger partial charge in [-0.25, -0.2) is 0 Å². The number of halogens is 1. The van der Waals surface area contributed by atoms with Crippen molar-refractivity contribution in [3.8, 4) is 11.8 Å². The Bertz CT molecular complexity index is 823. The largest absolute Gasteiger partial charge is 0.489 e. The number of rotatable bonds is 7. The maximum Gasteiger partial charge on any atom is 0.262 e. The molecule has 2 rings (SSSR count). The van der Waals surface area contributed by atoms with Gasteiger partial charge in [0.15, 0.2) is 0 Å². The van der Waals surface area contributed by atoms with E-state index >= 15 is 0 Å². The molecule has 0 fully saturated rings. The standard InChI is InChI=1S/C21H21ClN2O2/c1-3-15(2)24-21(25)18(13-23)12-16-8-10-19(11-9-16)26-14-17-6-4-5-7-20(17)22/h4-12,15H,3,14H2,1-2H3,(H,24,25)/b18-12+/t15-/m1/s1. The summed E-state index contributed by atoms with van der Waals surface area (Å²) in [6.07, 6.45) is 2.37. The molecule has 4 nitrogen and oxygen atoms in total. The first-order valence-electron chi connectivity index (χ1n) is 8.42. The monoisotopic (exact) mass is 368 g/mol. The van der Waals surface area contributed by atoms with Crippen LogP contribution in [0.4, 0.5) is 0 Å². The normalized spacial score (nSPS) is 12.2. The molecule has 2 aromatic carbocycles. The van der Waals surface area contributed by atoms with Crippen molar-refractivity contribution >= 4 is 23.6 Å². The van der Waals surface area contributed by atoms with Crippen molar-refractivity contribution in [3.05, 3.63) is 70.3 Å². The zero-order chi connectivity index (χ0) is 18.9. The Morgan fingerprint density at radius 1 is 1.27 bits per heavy atom. The number of hydrogen-bond acceptors (Lipinski definition) is 3. The van der Waals surface area contributed by atoms with Crippen molar-refractivity contribution in [2.24, 2.45) is 0 Å². The number of benzene rings is 2. The van der Waals surface area contributed by atoms with Crippen molar-refractivity contribution in [3.63, 3.8) is 0 Å². The Kier molecular flexibility index (Phi) is 7.25. The summed E-state index contributed by atoms with van der Waals surface area (Å²) in [5.41, 5.74) is 1.74. The van der Waals surface area contributed by atoms with Gasteiger partial charge in [0.25, 0.3) is 5.91 Å². The van der Waals surface area contributed by atoms with Crippen molar-refractivity contribution in [1.29, 1.82) is 5.26 Å². The van der Waals surface area contributed by atoms with Gasteiger partial charge in [-0.1, -0.05) is 48.9 Å². The summed E-state index contributed by atoms with van der Waals surface area (Å²) in [7, 11) is 0. The molecule has 0 heterocycles. The highest BCUT2D eigenvalue weighted by Gasteiger charge is 2.11. The molecule has 0 aliphatic carbocycles. The number of amides is 1. The van der Waals surface area contributed by atoms with Crippen LogP contribution in [-0.2, 0) is 11.4 Å². The van der Waals surface area contributed by atoms with E-state index in [1.807, 2.05) is 44.2 Å². The van der Waals surface area contributed by atoms with Gasteiger partial charge in [0.2, 0.25) is 0 Å². The summed E-state index contributed by atoms with van der Waals surface area (Å²) in [5.74, 6) is 0.325. The quantitative estimate of drug-likeness (QED) is 0.567. The van der Waals surface area contributed by atoms with Crippen LogP contribution in [0.1, 0.15) is 31.4 Å². The predicted molar refractivity (Wildman–Crippen MR) is 104 cm³/mol. The summed E-state index contributed by atoms with van der Waals surface area (Å²) in [6, 6.07) is 16.7. The van der Waals surface area contributed by atoms with E-state index in [2.05, 4.69) is 5.32 Å². The van der Waals surface area contributed by atoms with Crippen LogP contribution in [0, 0.1) is 11.3 Å². The van der Waals surface area contributed by atoms with Crippen LogP contribution in [0.15, 0.2) is 54.1 Å². The van der Waals surface area contributed by atoms with E-state index in [1.54, 1.807) is 30.3 Å². The number of carbonyl (C=O) groups is 1. The third-order valence-corrected chi connectivity index (χ3v) is 4.27. The van der Waals surface area contributed by atoms with E-state index < -0.39 is 0 Å². The molecule has 0 aliphatic rings. The van der Waals surface area contributed by atoms with Gasteiger partial charge in [-0.2, -0.15) is 5.26 Å². The summed E-state index contributed by atoms with van der Waals surface area (Å²) in [6.45, 7) is 4.25. The maximum absolute atomic E-state index is 12.1. The van der Waals surface area contributed by atoms with Crippen LogP contribution < -0.4 is 10.1 Å². The summed E-state index contributed by atoms with van der Waals surface area (Å²) in [5, 5.41) is 12.7. The Hall–Kier alpha value is -2.77. The molecule has 1 atom stereocenters. The maximum atomic E-state index is 12.1. The second-order valence-corrected chi connectivity index (χ2v) is 6.31. The predicted octanol–water partition coefficient (Wildman–Crippen LogP) is 4.74. The van der Waals surface area contributed by atoms with E-state index in [0.29, 0.717) is 17.4 Å². The Morgan fingerprint density at radius 2 is 1.96 bits per heavy atom. The fourth-order valence-corrected chi connectivity index (χ4v) is 2.35. The second-order valence-electron chi connectivity index (χ2n) is 5.90. The van der Waals surface area contributed by atoms with Crippen LogP contribution >= 0.6 is 11.6 Å². The molecule has 0 bridgehead atoms. The lowest BCUT2D eigenvalue weighted by Crippen LogP contribution is -2.32. The summed E-state index contributed by atoms with van der Waals surface area (Å²) in [4.78, 5) is 12.1. The third-order valence-electron chi connectivity index (χ3n) is 3.90. The molecule has 0 spiro atoms. The highest BCUT2D eigenvalue weighted by Crippen LogP contribution is 2.19. The molecule has 0 saturated carbocycles. The Morgan fingerprint density at radius 3 is 2.58 bits per heavy atom. The molecule has 0 aliphatic heterocycles. The molecule has 1 N–H and O–H groups in total. The lowest BCUT2D eigenvalue weighted by Gasteiger charge is -2.10. The molecule has 0 aromatic heterocycles. The molecule has 1 amide bonds. The molecular weight excluding hydrogens is 348 g/mol. The number of nitrogens with zero attached hydrogens (tertiary/aromatic N) is 1. The third kappa shape index (κ3) is 5.65. The number of nitrogens with one attached hydrogen (secondary N) is 1. The van der Waals surface area contributed by atoms with Gasteiger partial charge in [0, 0.05) is 16.6 Å². The van der Waals surface area contributed by atoms with Gasteiger partial charge in [-0.05, 0) is 43.2 Å². The van der Waals surface area contributed by atoms with Gasteiger partial charge in [0.1, 0.15) is 24.0 Å². The fourth-order valence-electron chi connectivity index (χ4n) is 2.16. The van der Waals surface area contributed by atoms with Crippen LogP contribution in [0.3, 0.4) is 0 Å². The van der Waals surface area contributed by atoms with Gasteiger partial charge < -0.3 is 10.1 Å². The zero-order valence-electron chi connectivity index (χ0n) is 14.8. The Labute approximate surface area is 159 Å². The first-order chi connectivity index (χ1) is 12.5.